The van der Waals surface area contributed by atoms with Crippen LogP contribution in [0.15, 0.2) is 73.0 Å². The number of hydrogen-bond donors (Lipinski definition) is 3. The van der Waals surface area contributed by atoms with Crippen molar-refractivity contribution in [2.45, 2.75) is 19.5 Å². The van der Waals surface area contributed by atoms with Crippen LogP contribution in [0.4, 0.5) is 5.69 Å². The zero-order chi connectivity index (χ0) is 24.8. The largest absolute Gasteiger partial charge is 0.399 e. The van der Waals surface area contributed by atoms with Crippen LogP contribution >= 0.6 is 0 Å². The van der Waals surface area contributed by atoms with Gasteiger partial charge in [-0.25, -0.2) is 4.68 Å². The molecule has 1 saturated heterocycles. The predicted molar refractivity (Wildman–Crippen MR) is 135 cm³/mol. The first kappa shape index (κ1) is 24.0. The van der Waals surface area contributed by atoms with Crippen molar-refractivity contribution >= 4 is 23.2 Å². The third kappa shape index (κ3) is 5.52. The predicted octanol–water partition coefficient (Wildman–Crippen LogP) is 2.06. The number of aryl methyl sites for hydroxylation is 1. The molecule has 4 rings (SSSR count). The van der Waals surface area contributed by atoms with Crippen molar-refractivity contribution in [3.05, 3.63) is 89.9 Å². The van der Waals surface area contributed by atoms with Crippen molar-refractivity contribution in [3.8, 4) is 0 Å². The second kappa shape index (κ2) is 10.9. The van der Waals surface area contributed by atoms with E-state index in [1.165, 1.54) is 0 Å². The summed E-state index contributed by atoms with van der Waals surface area (Å²) in [6, 6.07) is 9.23. The van der Waals surface area contributed by atoms with Crippen LogP contribution in [0, 0.1) is 0 Å². The number of dihydropyridines is 1. The van der Waals surface area contributed by atoms with Gasteiger partial charge in [-0.3, -0.25) is 9.59 Å². The summed E-state index contributed by atoms with van der Waals surface area (Å²) in [4.78, 5) is 27.4. The zero-order valence-electron chi connectivity index (χ0n) is 19.7. The first-order valence-electron chi connectivity index (χ1n) is 11.6. The van der Waals surface area contributed by atoms with Gasteiger partial charge in [0.2, 0.25) is 0 Å². The van der Waals surface area contributed by atoms with Crippen molar-refractivity contribution in [2.24, 2.45) is 0 Å². The number of allylic oxidation sites excluding steroid dienone is 2. The lowest BCUT2D eigenvalue weighted by Crippen LogP contribution is -2.45. The maximum Gasteiger partial charge on any atom is 0.273 e. The van der Waals surface area contributed by atoms with Crippen LogP contribution < -0.4 is 16.4 Å². The lowest BCUT2D eigenvalue weighted by molar-refractivity contribution is -0.130. The number of ether oxygens (including phenoxy) is 1. The van der Waals surface area contributed by atoms with Gasteiger partial charge in [-0.2, -0.15) is 5.10 Å². The Morgan fingerprint density at radius 1 is 1.29 bits per heavy atom. The van der Waals surface area contributed by atoms with E-state index in [2.05, 4.69) is 22.3 Å². The van der Waals surface area contributed by atoms with Crippen molar-refractivity contribution in [1.82, 2.24) is 25.3 Å². The van der Waals surface area contributed by atoms with E-state index in [0.29, 0.717) is 49.7 Å². The molecule has 2 amide bonds. The van der Waals surface area contributed by atoms with Crippen molar-refractivity contribution in [1.29, 1.82) is 0 Å². The average molecular weight is 475 g/mol. The number of amides is 2. The number of morpholine rings is 1. The molecule has 0 bridgehead atoms. The Labute approximate surface area is 204 Å². The highest BCUT2D eigenvalue weighted by Gasteiger charge is 2.23. The Bertz CT molecular complexity index is 1190. The molecule has 0 spiro atoms. The number of rotatable bonds is 7. The summed E-state index contributed by atoms with van der Waals surface area (Å²) in [6.07, 6.45) is 8.86. The molecule has 4 N–H and O–H groups in total. The highest BCUT2D eigenvalue weighted by Crippen LogP contribution is 2.21. The number of aromatic nitrogens is 2. The Morgan fingerprint density at radius 2 is 2.03 bits per heavy atom. The van der Waals surface area contributed by atoms with E-state index in [9.17, 15) is 9.59 Å². The summed E-state index contributed by atoms with van der Waals surface area (Å²) in [5.41, 5.74) is 9.91. The molecule has 0 aliphatic carbocycles. The van der Waals surface area contributed by atoms with E-state index in [0.717, 1.165) is 17.0 Å². The van der Waals surface area contributed by atoms with Crippen LogP contribution in [0.5, 0.6) is 0 Å². The summed E-state index contributed by atoms with van der Waals surface area (Å²) in [6.45, 7) is 8.06. The Kier molecular flexibility index (Phi) is 7.47. The van der Waals surface area contributed by atoms with Crippen LogP contribution in [0.1, 0.15) is 28.7 Å². The fraction of sp³-hybridized carbons (Fsp3) is 0.269. The molecular weight excluding hydrogens is 444 g/mol. The fourth-order valence-electron chi connectivity index (χ4n) is 3.92. The summed E-state index contributed by atoms with van der Waals surface area (Å²) < 4.78 is 7.06. The molecule has 1 atom stereocenters. The molecule has 9 nitrogen and oxygen atoms in total. The summed E-state index contributed by atoms with van der Waals surface area (Å²) in [5.74, 6) is -0.385. The minimum atomic E-state index is -0.459. The molecule has 1 aromatic heterocycles. The molecule has 182 valence electrons. The number of benzene rings is 1. The number of nitrogen functional groups attached to an aromatic ring is 1. The monoisotopic (exact) mass is 474 g/mol. The number of carbonyl (C=O) groups is 2. The van der Waals surface area contributed by atoms with Crippen LogP contribution in [0.2, 0.25) is 0 Å². The van der Waals surface area contributed by atoms with Gasteiger partial charge >= 0.3 is 0 Å². The van der Waals surface area contributed by atoms with Gasteiger partial charge in [-0.15, -0.1) is 0 Å². The van der Waals surface area contributed by atoms with Gasteiger partial charge < -0.3 is 26.0 Å². The van der Waals surface area contributed by atoms with Gasteiger partial charge in [-0.05, 0) is 42.8 Å². The summed E-state index contributed by atoms with van der Waals surface area (Å²) >= 11 is 0. The van der Waals surface area contributed by atoms with E-state index in [1.54, 1.807) is 40.1 Å². The normalized spacial score (nSPS) is 18.0. The number of hydrogen-bond acceptors (Lipinski definition) is 6. The smallest absolute Gasteiger partial charge is 0.273 e. The van der Waals surface area contributed by atoms with Gasteiger partial charge in [0.15, 0.2) is 5.69 Å². The first-order chi connectivity index (χ1) is 17.0. The molecule has 1 aromatic carbocycles. The lowest BCUT2D eigenvalue weighted by atomic mass is 10.1. The van der Waals surface area contributed by atoms with E-state index in [-0.39, 0.29) is 11.8 Å². The maximum atomic E-state index is 13.0. The van der Waals surface area contributed by atoms with Gasteiger partial charge in [0.1, 0.15) is 6.17 Å². The second-order valence-corrected chi connectivity index (χ2v) is 8.18. The average Bonchev–Trinajstić information content (AvgIpc) is 3.33. The minimum absolute atomic E-state index is 0.0580. The second-order valence-electron chi connectivity index (χ2n) is 8.18. The molecular formula is C26H30N6O3. The van der Waals surface area contributed by atoms with E-state index in [4.69, 9.17) is 10.5 Å². The molecule has 2 aromatic rings. The SMILES string of the molecule is C=C/C=C(/c1ccc(N)cc1)n1nc(C(=O)NC2C=CC(C(=O)N3CCOCC3)=CN2)cc1CC. The highest BCUT2D eigenvalue weighted by atomic mass is 16.5. The number of anilines is 1. The zero-order valence-corrected chi connectivity index (χ0v) is 19.7. The van der Waals surface area contributed by atoms with Crippen LogP contribution in [0.3, 0.4) is 0 Å². The quantitative estimate of drug-likeness (QED) is 0.418. The number of nitrogens with one attached hydrogen (secondary N) is 2. The molecule has 0 saturated carbocycles. The molecule has 0 radical (unpaired) electrons. The molecule has 35 heavy (non-hydrogen) atoms. The highest BCUT2D eigenvalue weighted by molar-refractivity contribution is 5.97. The van der Waals surface area contributed by atoms with Crippen LogP contribution in [-0.2, 0) is 16.0 Å². The van der Waals surface area contributed by atoms with E-state index in [1.807, 2.05) is 37.3 Å². The molecule has 2 aliphatic heterocycles. The van der Waals surface area contributed by atoms with Crippen LogP contribution in [-0.4, -0.2) is 59.0 Å². The van der Waals surface area contributed by atoms with Gasteiger partial charge in [0, 0.05) is 36.2 Å². The van der Waals surface area contributed by atoms with E-state index >= 15 is 0 Å². The Hall–Kier alpha value is -4.11. The molecule has 1 fully saturated rings. The molecule has 9 heteroatoms. The summed E-state index contributed by atoms with van der Waals surface area (Å²) in [7, 11) is 0. The van der Waals surface area contributed by atoms with Gasteiger partial charge in [0.05, 0.1) is 24.5 Å². The third-order valence-electron chi connectivity index (χ3n) is 5.81. The van der Waals surface area contributed by atoms with Crippen molar-refractivity contribution in [3.63, 3.8) is 0 Å². The standard InChI is InChI=1S/C26H30N6O3/c1-3-5-23(18-6-9-20(27)10-7-18)32-21(4-2)16-22(30-32)25(33)29-24-11-8-19(17-28-24)26(34)31-12-14-35-15-13-31/h3,5-11,16-17,24,28H,1,4,12-15,27H2,2H3,(H,29,33)/b23-5-. The topological polar surface area (TPSA) is 115 Å². The Morgan fingerprint density at radius 3 is 2.66 bits per heavy atom. The lowest BCUT2D eigenvalue weighted by Gasteiger charge is -2.28. The van der Waals surface area contributed by atoms with Gasteiger partial charge in [0.25, 0.3) is 11.8 Å². The minimum Gasteiger partial charge on any atom is -0.399 e. The summed E-state index contributed by atoms with van der Waals surface area (Å²) in [5, 5.41) is 10.6. The molecule has 1 unspecified atom stereocenters. The maximum absolute atomic E-state index is 13.0. The van der Waals surface area contributed by atoms with Crippen LogP contribution in [0.25, 0.3) is 5.70 Å². The number of nitrogens with zero attached hydrogens (tertiary/aromatic N) is 3. The molecule has 3 heterocycles. The van der Waals surface area contributed by atoms with Gasteiger partial charge in [-0.1, -0.05) is 31.7 Å². The fourth-order valence-corrected chi connectivity index (χ4v) is 3.92. The number of carbonyl (C=O) groups excluding carboxylic acids is 2. The van der Waals surface area contributed by atoms with Crippen molar-refractivity contribution in [2.75, 3.05) is 32.0 Å². The first-order valence-corrected chi connectivity index (χ1v) is 11.6. The van der Waals surface area contributed by atoms with Crippen molar-refractivity contribution < 1.29 is 14.3 Å². The molecule has 2 aliphatic rings. The Balaban J connectivity index is 1.46. The number of nitrogens with two attached hydrogens (primary N) is 1. The van der Waals surface area contributed by atoms with E-state index < -0.39 is 6.17 Å². The third-order valence-corrected chi connectivity index (χ3v) is 5.81.